The lowest BCUT2D eigenvalue weighted by molar-refractivity contribution is 0.00578. The summed E-state index contributed by atoms with van der Waals surface area (Å²) in [5.74, 6) is 0.424. The number of nitrogens with zero attached hydrogens (tertiary/aromatic N) is 8. The van der Waals surface area contributed by atoms with Crippen LogP contribution in [0.4, 0.5) is 36.4 Å². The molecule has 0 spiro atoms. The van der Waals surface area contributed by atoms with Gasteiger partial charge in [0, 0.05) is 60.5 Å². The third-order valence-electron chi connectivity index (χ3n) is 13.4. The fourth-order valence-electron chi connectivity index (χ4n) is 8.38. The summed E-state index contributed by atoms with van der Waals surface area (Å²) in [6, 6.07) is 39.4. The molecule has 0 bridgehead atoms. The van der Waals surface area contributed by atoms with Crippen LogP contribution in [0.2, 0.25) is 25.2 Å². The maximum Gasteiger partial charge on any atom is 0.494 e. The maximum absolute atomic E-state index is 13.3. The van der Waals surface area contributed by atoms with E-state index in [1.54, 1.807) is 73.3 Å². The van der Waals surface area contributed by atoms with E-state index < -0.39 is 0 Å². The molecule has 1 aliphatic heterocycles. The Kier molecular flexibility index (Phi) is 20.8. The minimum absolute atomic E-state index is 0.284. The highest BCUT2D eigenvalue weighted by Gasteiger charge is 2.51. The predicted octanol–water partition coefficient (Wildman–Crippen LogP) is 16.3. The van der Waals surface area contributed by atoms with Gasteiger partial charge in [-0.15, -0.1) is 0 Å². The Morgan fingerprint density at radius 2 is 0.884 bits per heavy atom. The molecule has 12 rings (SSSR count). The van der Waals surface area contributed by atoms with Gasteiger partial charge >= 0.3 is 7.12 Å². The predicted molar refractivity (Wildman–Crippen MR) is 347 cm³/mol. The molecule has 7 heterocycles. The quantitative estimate of drug-likeness (QED) is 0.0929. The monoisotopic (exact) mass is 1320 g/mol. The molecule has 11 aromatic rings. The standard InChI is InChI=1S/C20H14ClFN4.C15H19BN2O2.C11H7BrClFN2.C11H8ClFN2.C5H4Cl2N2/c1-11-15-8-13(4-7-17(15)25-10-24-11)19-16(21)9-18(23)26-20(19)12-2-5-14(22)6-3-12;1-10-12-8-11(6-7-13(12)18-9-17-10)16-19-14(2,3)15(4,5)20-16;12-10-8(13)5-9(15)16-11(10)6-1-3-7(14)4-2-6;12-8-5-10(15-11(14)6-8)7-1-3-9(13)4-2-7;6-3-1-4(7)9-5(8)2-3/h2-10H,1H3,(H2,23,26);6-9H,1-5H3;1-5H,(H2,15,16);1-6H,(H2,14,15);1-2H,(H2,8,9). The maximum atomic E-state index is 13.3. The summed E-state index contributed by atoms with van der Waals surface area (Å²) in [5, 5.41) is 4.27. The summed E-state index contributed by atoms with van der Waals surface area (Å²) < 4.78 is 51.6. The van der Waals surface area contributed by atoms with Crippen molar-refractivity contribution in [2.24, 2.45) is 0 Å². The second kappa shape index (κ2) is 27.8. The minimum atomic E-state index is -0.344. The van der Waals surface area contributed by atoms with Crippen LogP contribution in [-0.2, 0) is 9.31 Å². The van der Waals surface area contributed by atoms with Gasteiger partial charge in [0.15, 0.2) is 0 Å². The Hall–Kier alpha value is -7.72. The number of hydrogen-bond acceptors (Lipinski definition) is 14. The molecule has 14 nitrogen and oxygen atoms in total. The van der Waals surface area contributed by atoms with Gasteiger partial charge in [0.1, 0.15) is 58.5 Å². The zero-order chi connectivity index (χ0) is 62.2. The second-order valence-corrected chi connectivity index (χ2v) is 23.0. The first-order valence-electron chi connectivity index (χ1n) is 25.9. The number of anilines is 4. The molecule has 438 valence electrons. The highest BCUT2D eigenvalue weighted by Crippen LogP contribution is 2.40. The molecule has 8 N–H and O–H groups in total. The third kappa shape index (κ3) is 16.2. The normalized spacial score (nSPS) is 12.8. The first-order valence-corrected chi connectivity index (χ1v) is 28.6. The van der Waals surface area contributed by atoms with Crippen LogP contribution in [0, 0.1) is 31.3 Å². The summed E-state index contributed by atoms with van der Waals surface area (Å²) in [4.78, 5) is 33.5. The first-order chi connectivity index (χ1) is 40.7. The van der Waals surface area contributed by atoms with Gasteiger partial charge in [0.05, 0.1) is 53.8 Å². The molecule has 0 aliphatic carbocycles. The van der Waals surface area contributed by atoms with Crippen LogP contribution in [0.3, 0.4) is 0 Å². The van der Waals surface area contributed by atoms with Crippen molar-refractivity contribution in [3.63, 3.8) is 0 Å². The van der Waals surface area contributed by atoms with Crippen LogP contribution >= 0.6 is 73.9 Å². The van der Waals surface area contributed by atoms with Crippen molar-refractivity contribution >= 4 is 132 Å². The van der Waals surface area contributed by atoms with Crippen LogP contribution < -0.4 is 28.4 Å². The molecule has 0 saturated carbocycles. The molecular formula is C62H52BBrCl5F3N12O2. The first kappa shape index (κ1) is 64.3. The number of aromatic nitrogens is 8. The number of rotatable bonds is 5. The molecule has 5 aromatic carbocycles. The summed E-state index contributed by atoms with van der Waals surface area (Å²) in [6.45, 7) is 12.1. The molecule has 24 heteroatoms. The van der Waals surface area contributed by atoms with Gasteiger partial charge in [-0.05, 0) is 190 Å². The second-order valence-electron chi connectivity index (χ2n) is 20.1. The van der Waals surface area contributed by atoms with E-state index in [-0.39, 0.29) is 35.8 Å². The summed E-state index contributed by atoms with van der Waals surface area (Å²) in [6.07, 6.45) is 3.13. The number of aryl methyl sites for hydroxylation is 2. The molecule has 1 aliphatic rings. The average molecular weight is 1320 g/mol. The lowest BCUT2D eigenvalue weighted by Gasteiger charge is -2.32. The SMILES string of the molecule is Cc1ncnc2ccc(-c3c(Cl)cc(N)nc3-c3ccc(F)cc3)cc12.Cc1ncnc2ccc(B3OC(C)(C)C(C)(C)O3)cc12.Nc1cc(Cl)c(Br)c(-c2ccc(F)cc2)n1.Nc1cc(Cl)cc(-c2ccc(F)cc2)n1.Nc1cc(Cl)cc(Cl)n1. The lowest BCUT2D eigenvalue weighted by Crippen LogP contribution is -2.41. The van der Waals surface area contributed by atoms with E-state index in [1.165, 1.54) is 48.5 Å². The third-order valence-corrected chi connectivity index (χ3v) is 15.7. The molecule has 1 fully saturated rings. The summed E-state index contributed by atoms with van der Waals surface area (Å²) in [7, 11) is -0.344. The molecule has 0 atom stereocenters. The Morgan fingerprint density at radius 3 is 1.40 bits per heavy atom. The van der Waals surface area contributed by atoms with Crippen molar-refractivity contribution in [3.8, 4) is 44.9 Å². The Balaban J connectivity index is 0.000000145. The highest BCUT2D eigenvalue weighted by molar-refractivity contribution is 9.10. The van der Waals surface area contributed by atoms with E-state index in [1.807, 2.05) is 44.2 Å². The van der Waals surface area contributed by atoms with E-state index >= 15 is 0 Å². The van der Waals surface area contributed by atoms with E-state index in [2.05, 4.69) is 89.6 Å². The summed E-state index contributed by atoms with van der Waals surface area (Å²) in [5.41, 5.74) is 32.0. The van der Waals surface area contributed by atoms with Crippen molar-refractivity contribution in [2.75, 3.05) is 22.9 Å². The number of halogens is 9. The Morgan fingerprint density at radius 1 is 0.453 bits per heavy atom. The molecule has 1 saturated heterocycles. The van der Waals surface area contributed by atoms with Crippen molar-refractivity contribution in [3.05, 3.63) is 217 Å². The molecule has 0 unspecified atom stereocenters. The van der Waals surface area contributed by atoms with Crippen molar-refractivity contribution in [1.29, 1.82) is 0 Å². The van der Waals surface area contributed by atoms with Gasteiger partial charge in [-0.2, -0.15) is 0 Å². The molecular weight excluding hydrogens is 1270 g/mol. The smallest absolute Gasteiger partial charge is 0.399 e. The molecule has 0 radical (unpaired) electrons. The van der Waals surface area contributed by atoms with Crippen LogP contribution in [0.25, 0.3) is 66.7 Å². The van der Waals surface area contributed by atoms with Gasteiger partial charge in [-0.1, -0.05) is 76.2 Å². The van der Waals surface area contributed by atoms with Crippen LogP contribution in [-0.4, -0.2) is 58.2 Å². The van der Waals surface area contributed by atoms with E-state index in [0.29, 0.717) is 70.1 Å². The van der Waals surface area contributed by atoms with Gasteiger partial charge in [-0.25, -0.2) is 53.0 Å². The van der Waals surface area contributed by atoms with E-state index in [0.717, 1.165) is 66.5 Å². The van der Waals surface area contributed by atoms with Crippen molar-refractivity contribution in [1.82, 2.24) is 39.9 Å². The largest absolute Gasteiger partial charge is 0.494 e. The van der Waals surface area contributed by atoms with Crippen LogP contribution in [0.1, 0.15) is 39.1 Å². The topological polar surface area (TPSA) is 226 Å². The molecule has 6 aromatic heterocycles. The fourth-order valence-corrected chi connectivity index (χ4v) is 10.0. The highest BCUT2D eigenvalue weighted by atomic mass is 79.9. The van der Waals surface area contributed by atoms with E-state index in [4.69, 9.17) is 90.2 Å². The van der Waals surface area contributed by atoms with Crippen LogP contribution in [0.5, 0.6) is 0 Å². The number of hydrogen-bond donors (Lipinski definition) is 4. The summed E-state index contributed by atoms with van der Waals surface area (Å²) >= 11 is 32.7. The van der Waals surface area contributed by atoms with Gasteiger partial charge in [-0.3, -0.25) is 0 Å². The molecule has 86 heavy (non-hydrogen) atoms. The number of benzene rings is 5. The zero-order valence-electron chi connectivity index (χ0n) is 46.7. The Labute approximate surface area is 527 Å². The van der Waals surface area contributed by atoms with Crippen LogP contribution in [0.15, 0.2) is 163 Å². The van der Waals surface area contributed by atoms with Gasteiger partial charge < -0.3 is 32.2 Å². The van der Waals surface area contributed by atoms with E-state index in [9.17, 15) is 13.2 Å². The number of nitrogens with two attached hydrogens (primary N) is 4. The van der Waals surface area contributed by atoms with Crippen molar-refractivity contribution in [2.45, 2.75) is 52.7 Å². The number of fused-ring (bicyclic) bond motifs is 2. The van der Waals surface area contributed by atoms with Gasteiger partial charge in [0.2, 0.25) is 0 Å². The average Bonchev–Trinajstić information content (AvgIpc) is 1.54. The number of pyridine rings is 4. The lowest BCUT2D eigenvalue weighted by atomic mass is 9.78. The molecule has 0 amide bonds. The van der Waals surface area contributed by atoms with Gasteiger partial charge in [0.25, 0.3) is 0 Å². The Bertz CT molecular complexity index is 4150. The minimum Gasteiger partial charge on any atom is -0.399 e. The fraction of sp³-hybridized carbons (Fsp3) is 0.129. The van der Waals surface area contributed by atoms with Crippen molar-refractivity contribution < 1.29 is 22.5 Å². The number of nitrogen functional groups attached to an aromatic ring is 4. The zero-order valence-corrected chi connectivity index (χ0v) is 52.1.